The van der Waals surface area contributed by atoms with Crippen LogP contribution in [0, 0.1) is 0 Å². The summed E-state index contributed by atoms with van der Waals surface area (Å²) in [6.07, 6.45) is 9.00. The van der Waals surface area contributed by atoms with E-state index in [-0.39, 0.29) is 0 Å². The topological polar surface area (TPSA) is 77.4 Å². The van der Waals surface area contributed by atoms with Gasteiger partial charge in [0.05, 0.1) is 14.2 Å². The second kappa shape index (κ2) is 15.4. The van der Waals surface area contributed by atoms with Crippen molar-refractivity contribution >= 4 is 0 Å². The molecule has 3 aliphatic rings. The van der Waals surface area contributed by atoms with Gasteiger partial charge in [0.1, 0.15) is 45.7 Å². The smallest absolute Gasteiger partial charge is 0.147 e. The zero-order valence-electron chi connectivity index (χ0n) is 29.6. The molecule has 0 atom stereocenters. The van der Waals surface area contributed by atoms with Crippen LogP contribution in [0.15, 0.2) is 146 Å². The minimum Gasteiger partial charge on any atom is -0.497 e. The molecule has 0 amide bonds. The fourth-order valence-corrected chi connectivity index (χ4v) is 7.29. The molecule has 264 valence electrons. The molecule has 2 aliphatic heterocycles. The fourth-order valence-electron chi connectivity index (χ4n) is 7.29. The summed E-state index contributed by atoms with van der Waals surface area (Å²) < 4.78 is 22.4. The Labute approximate surface area is 305 Å². The van der Waals surface area contributed by atoms with E-state index in [0.29, 0.717) is 23.0 Å². The summed E-state index contributed by atoms with van der Waals surface area (Å²) >= 11 is 0. The van der Waals surface area contributed by atoms with Crippen LogP contribution in [0.1, 0.15) is 71.9 Å². The Morgan fingerprint density at radius 1 is 0.385 bits per heavy atom. The molecule has 0 unspecified atom stereocenters. The van der Waals surface area contributed by atoms with Crippen molar-refractivity contribution in [2.24, 2.45) is 0 Å². The Hall–Kier alpha value is -5.56. The first-order chi connectivity index (χ1) is 25.5. The van der Waals surface area contributed by atoms with Gasteiger partial charge in [0, 0.05) is 22.3 Å². The Balaban J connectivity index is 0.000000139. The largest absolute Gasteiger partial charge is 0.497 e. The van der Waals surface area contributed by atoms with E-state index in [4.69, 9.17) is 18.9 Å². The van der Waals surface area contributed by atoms with Crippen LogP contribution in [0.3, 0.4) is 0 Å². The molecule has 6 nitrogen and oxygen atoms in total. The Morgan fingerprint density at radius 3 is 0.885 bits per heavy atom. The van der Waals surface area contributed by atoms with Gasteiger partial charge in [0.25, 0.3) is 0 Å². The van der Waals surface area contributed by atoms with Gasteiger partial charge in [-0.3, -0.25) is 0 Å². The zero-order chi connectivity index (χ0) is 36.0. The highest BCUT2D eigenvalue weighted by molar-refractivity contribution is 5.62. The average Bonchev–Trinajstić information content (AvgIpc) is 3.22. The summed E-state index contributed by atoms with van der Waals surface area (Å²) in [6, 6.07) is 45.3. The summed E-state index contributed by atoms with van der Waals surface area (Å²) in [5.74, 6) is 4.19. The van der Waals surface area contributed by atoms with Crippen LogP contribution in [0.4, 0.5) is 0 Å². The lowest BCUT2D eigenvalue weighted by Gasteiger charge is -2.36. The number of aliphatic hydroxyl groups is 2. The standard InChI is InChI=1S/2C20H16O3.C6H12/c2*1-22-15-12-10-14(11-13-15)20(21)16-6-2-4-8-18(16)23-19-9-5-3-7-17(19)20;1-2-4-6-5-3-1/h2*2-13,21H,1H3;1-6H2. The van der Waals surface area contributed by atoms with Crippen molar-refractivity contribution in [1.29, 1.82) is 0 Å². The third-order valence-electron chi connectivity index (χ3n) is 10.1. The van der Waals surface area contributed by atoms with Crippen LogP contribution in [-0.4, -0.2) is 24.4 Å². The van der Waals surface area contributed by atoms with Crippen LogP contribution < -0.4 is 18.9 Å². The molecule has 0 aromatic heterocycles. The monoisotopic (exact) mass is 692 g/mol. The van der Waals surface area contributed by atoms with Gasteiger partial charge in [-0.25, -0.2) is 0 Å². The lowest BCUT2D eigenvalue weighted by Crippen LogP contribution is -2.32. The Bertz CT molecular complexity index is 1850. The number of hydrogen-bond acceptors (Lipinski definition) is 6. The van der Waals surface area contributed by atoms with Crippen molar-refractivity contribution < 1.29 is 29.2 Å². The lowest BCUT2D eigenvalue weighted by molar-refractivity contribution is 0.112. The number of fused-ring (bicyclic) bond motifs is 4. The molecule has 2 heterocycles. The number of hydrogen-bond donors (Lipinski definition) is 2. The molecular weight excluding hydrogens is 649 g/mol. The molecule has 6 aromatic carbocycles. The summed E-state index contributed by atoms with van der Waals surface area (Å²) in [5, 5.41) is 23.4. The van der Waals surface area contributed by atoms with Gasteiger partial charge >= 0.3 is 0 Å². The molecule has 1 fully saturated rings. The molecule has 0 radical (unpaired) electrons. The maximum Gasteiger partial charge on any atom is 0.147 e. The highest BCUT2D eigenvalue weighted by Crippen LogP contribution is 2.51. The molecule has 52 heavy (non-hydrogen) atoms. The summed E-state index contributed by atoms with van der Waals surface area (Å²) in [5.41, 5.74) is 2.01. The molecule has 6 aromatic rings. The zero-order valence-corrected chi connectivity index (χ0v) is 29.6. The van der Waals surface area contributed by atoms with Crippen molar-refractivity contribution in [1.82, 2.24) is 0 Å². The number of para-hydroxylation sites is 4. The second-order valence-corrected chi connectivity index (χ2v) is 13.2. The highest BCUT2D eigenvalue weighted by Gasteiger charge is 2.43. The van der Waals surface area contributed by atoms with E-state index in [2.05, 4.69) is 0 Å². The number of methoxy groups -OCH3 is 2. The van der Waals surface area contributed by atoms with E-state index in [9.17, 15) is 10.2 Å². The highest BCUT2D eigenvalue weighted by atomic mass is 16.5. The predicted octanol–water partition coefficient (Wildman–Crippen LogP) is 10.5. The van der Waals surface area contributed by atoms with Gasteiger partial charge in [-0.05, 0) is 59.7 Å². The molecule has 0 bridgehead atoms. The van der Waals surface area contributed by atoms with Gasteiger partial charge in [-0.15, -0.1) is 0 Å². The fraction of sp³-hybridized carbons (Fsp3) is 0.217. The van der Waals surface area contributed by atoms with Crippen LogP contribution in [0.5, 0.6) is 34.5 Å². The van der Waals surface area contributed by atoms with E-state index in [0.717, 1.165) is 44.9 Å². The molecule has 1 aliphatic carbocycles. The lowest BCUT2D eigenvalue weighted by atomic mass is 9.78. The Kier molecular flexibility index (Phi) is 10.3. The van der Waals surface area contributed by atoms with Crippen LogP contribution >= 0.6 is 0 Å². The van der Waals surface area contributed by atoms with E-state index < -0.39 is 11.2 Å². The molecule has 0 spiro atoms. The van der Waals surface area contributed by atoms with E-state index in [1.54, 1.807) is 14.2 Å². The average molecular weight is 693 g/mol. The van der Waals surface area contributed by atoms with Crippen molar-refractivity contribution in [3.05, 3.63) is 179 Å². The van der Waals surface area contributed by atoms with Gasteiger partial charge in [-0.1, -0.05) is 136 Å². The third-order valence-corrected chi connectivity index (χ3v) is 10.1. The first-order valence-corrected chi connectivity index (χ1v) is 17.9. The van der Waals surface area contributed by atoms with Gasteiger partial charge in [0.15, 0.2) is 0 Å². The number of rotatable bonds is 4. The van der Waals surface area contributed by atoms with Crippen molar-refractivity contribution in [2.45, 2.75) is 49.7 Å². The molecule has 9 rings (SSSR count). The maximum absolute atomic E-state index is 11.7. The number of ether oxygens (including phenoxy) is 4. The summed E-state index contributed by atoms with van der Waals surface area (Å²) in [7, 11) is 3.26. The maximum atomic E-state index is 11.7. The first-order valence-electron chi connectivity index (χ1n) is 17.9. The molecule has 2 N–H and O–H groups in total. The normalized spacial score (nSPS) is 15.5. The quantitative estimate of drug-likeness (QED) is 0.192. The second-order valence-electron chi connectivity index (χ2n) is 13.2. The number of benzene rings is 6. The molecule has 1 saturated carbocycles. The SMILES string of the molecule is C1CCCCC1.COc1ccc(C2(O)c3ccccc3Oc3ccccc32)cc1.COc1ccc(C2(O)c3ccccc3Oc3ccccc32)cc1. The van der Waals surface area contributed by atoms with Crippen LogP contribution in [0.2, 0.25) is 0 Å². The van der Waals surface area contributed by atoms with Crippen LogP contribution in [-0.2, 0) is 11.2 Å². The minimum absolute atomic E-state index is 0.671. The third kappa shape index (κ3) is 6.63. The summed E-state index contributed by atoms with van der Waals surface area (Å²) in [6.45, 7) is 0. The molecular formula is C46H44O6. The minimum atomic E-state index is -1.25. The van der Waals surface area contributed by atoms with Crippen LogP contribution in [0.25, 0.3) is 0 Å². The van der Waals surface area contributed by atoms with Gasteiger partial charge < -0.3 is 29.2 Å². The van der Waals surface area contributed by atoms with E-state index in [1.165, 1.54) is 38.5 Å². The van der Waals surface area contributed by atoms with Crippen molar-refractivity contribution in [3.63, 3.8) is 0 Å². The predicted molar refractivity (Wildman–Crippen MR) is 204 cm³/mol. The van der Waals surface area contributed by atoms with Gasteiger partial charge in [0.2, 0.25) is 0 Å². The first kappa shape index (κ1) is 34.9. The van der Waals surface area contributed by atoms with Crippen molar-refractivity contribution in [2.75, 3.05) is 14.2 Å². The van der Waals surface area contributed by atoms with Crippen molar-refractivity contribution in [3.8, 4) is 34.5 Å². The molecule has 6 heteroatoms. The van der Waals surface area contributed by atoms with E-state index in [1.807, 2.05) is 146 Å². The molecule has 0 saturated heterocycles. The Morgan fingerprint density at radius 2 is 0.635 bits per heavy atom. The summed E-state index contributed by atoms with van der Waals surface area (Å²) in [4.78, 5) is 0. The van der Waals surface area contributed by atoms with Gasteiger partial charge in [-0.2, -0.15) is 0 Å². The van der Waals surface area contributed by atoms with E-state index >= 15 is 0 Å².